The van der Waals surface area contributed by atoms with E-state index in [0.29, 0.717) is 19.6 Å². The molecule has 0 aromatic carbocycles. The van der Waals surface area contributed by atoms with Crippen LogP contribution in [0.3, 0.4) is 0 Å². The zero-order valence-corrected chi connectivity index (χ0v) is 32.3. The van der Waals surface area contributed by atoms with E-state index >= 15 is 0 Å². The smallest absolute Gasteiger partial charge is 0.306 e. The Morgan fingerprint density at radius 3 is 1.00 bits per heavy atom. The van der Waals surface area contributed by atoms with Crippen molar-refractivity contribution in [2.75, 3.05) is 19.8 Å². The summed E-state index contributed by atoms with van der Waals surface area (Å²) in [6, 6.07) is 0. The highest BCUT2D eigenvalue weighted by atomic mass is 16.6. The number of aliphatic hydroxyl groups is 1. The van der Waals surface area contributed by atoms with Crippen LogP contribution in [-0.2, 0) is 14.3 Å². The standard InChI is InChI=1S/C43H86O4/c1-3-5-7-9-11-13-15-16-17-18-19-20-21-22-23-24-25-26-27-28-30-32-34-36-38-43(45)47-42(40-44)41-46-39-37-35-33-31-29-14-12-10-8-6-4-2/h42,44H,3-41H2,1-2H3. The van der Waals surface area contributed by atoms with E-state index < -0.39 is 6.10 Å². The molecule has 282 valence electrons. The molecule has 1 unspecified atom stereocenters. The molecule has 1 N–H and O–H groups in total. The summed E-state index contributed by atoms with van der Waals surface area (Å²) < 4.78 is 11.1. The number of rotatable bonds is 41. The van der Waals surface area contributed by atoms with E-state index in [2.05, 4.69) is 13.8 Å². The molecule has 0 saturated carbocycles. The first-order valence-electron chi connectivity index (χ1n) is 21.6. The van der Waals surface area contributed by atoms with E-state index in [0.717, 1.165) is 19.3 Å². The van der Waals surface area contributed by atoms with E-state index in [1.54, 1.807) is 0 Å². The lowest BCUT2D eigenvalue weighted by molar-refractivity contribution is -0.154. The Bertz CT molecular complexity index is 580. The van der Waals surface area contributed by atoms with Gasteiger partial charge in [-0.05, 0) is 12.8 Å². The van der Waals surface area contributed by atoms with Gasteiger partial charge in [0.1, 0.15) is 6.10 Å². The molecule has 0 aromatic rings. The molecule has 0 radical (unpaired) electrons. The van der Waals surface area contributed by atoms with Crippen LogP contribution in [0, 0.1) is 0 Å². The van der Waals surface area contributed by atoms with Crippen molar-refractivity contribution in [3.8, 4) is 0 Å². The molecule has 0 heterocycles. The minimum absolute atomic E-state index is 0.163. The highest BCUT2D eigenvalue weighted by Crippen LogP contribution is 2.16. The topological polar surface area (TPSA) is 55.8 Å². The quantitative estimate of drug-likeness (QED) is 0.0521. The molecule has 47 heavy (non-hydrogen) atoms. The molecule has 0 bridgehead atoms. The third kappa shape index (κ3) is 39.7. The molecule has 1 atom stereocenters. The molecular formula is C43H86O4. The van der Waals surface area contributed by atoms with Crippen LogP contribution in [-0.4, -0.2) is 37.0 Å². The van der Waals surface area contributed by atoms with Gasteiger partial charge in [-0.2, -0.15) is 0 Å². The van der Waals surface area contributed by atoms with E-state index in [1.807, 2.05) is 0 Å². The number of esters is 1. The largest absolute Gasteiger partial charge is 0.457 e. The summed E-state index contributed by atoms with van der Waals surface area (Å²) in [5.41, 5.74) is 0. The molecule has 4 heteroatoms. The van der Waals surface area contributed by atoms with Gasteiger partial charge >= 0.3 is 5.97 Å². The maximum Gasteiger partial charge on any atom is 0.306 e. The second-order valence-electron chi connectivity index (χ2n) is 14.8. The van der Waals surface area contributed by atoms with Crippen LogP contribution in [0.1, 0.15) is 245 Å². The first-order valence-corrected chi connectivity index (χ1v) is 21.6. The van der Waals surface area contributed by atoms with E-state index in [9.17, 15) is 9.90 Å². The lowest BCUT2D eigenvalue weighted by Crippen LogP contribution is -2.27. The Morgan fingerprint density at radius 1 is 0.426 bits per heavy atom. The molecule has 0 saturated heterocycles. The second kappa shape index (κ2) is 41.6. The average Bonchev–Trinajstić information content (AvgIpc) is 3.08. The Hall–Kier alpha value is -0.610. The van der Waals surface area contributed by atoms with Crippen LogP contribution in [0.25, 0.3) is 0 Å². The highest BCUT2D eigenvalue weighted by Gasteiger charge is 2.13. The zero-order chi connectivity index (χ0) is 34.1. The fraction of sp³-hybridized carbons (Fsp3) is 0.977. The van der Waals surface area contributed by atoms with Crippen LogP contribution < -0.4 is 0 Å². The van der Waals surface area contributed by atoms with Crippen molar-refractivity contribution in [2.45, 2.75) is 251 Å². The molecule has 0 spiro atoms. The van der Waals surface area contributed by atoms with Gasteiger partial charge in [-0.1, -0.05) is 226 Å². The van der Waals surface area contributed by atoms with Gasteiger partial charge < -0.3 is 14.6 Å². The predicted octanol–water partition coefficient (Wildman–Crippen LogP) is 14.0. The van der Waals surface area contributed by atoms with Gasteiger partial charge in [-0.3, -0.25) is 4.79 Å². The number of carbonyl (C=O) groups is 1. The Kier molecular flexibility index (Phi) is 41.0. The van der Waals surface area contributed by atoms with Gasteiger partial charge in [0.2, 0.25) is 0 Å². The summed E-state index contributed by atoms with van der Waals surface area (Å²) in [6.45, 7) is 5.39. The molecule has 0 aliphatic carbocycles. The third-order valence-electron chi connectivity index (χ3n) is 9.93. The van der Waals surface area contributed by atoms with Crippen molar-refractivity contribution in [3.05, 3.63) is 0 Å². The number of hydrogen-bond donors (Lipinski definition) is 1. The lowest BCUT2D eigenvalue weighted by Gasteiger charge is -2.16. The van der Waals surface area contributed by atoms with Crippen molar-refractivity contribution >= 4 is 5.97 Å². The first-order chi connectivity index (χ1) is 23.2. The predicted molar refractivity (Wildman–Crippen MR) is 205 cm³/mol. The number of unbranched alkanes of at least 4 members (excludes halogenated alkanes) is 33. The van der Waals surface area contributed by atoms with Crippen LogP contribution in [0.15, 0.2) is 0 Å². The van der Waals surface area contributed by atoms with Gasteiger partial charge in [-0.25, -0.2) is 0 Å². The molecule has 0 amide bonds. The Labute approximate surface area is 295 Å². The summed E-state index contributed by atoms with van der Waals surface area (Å²) in [7, 11) is 0. The van der Waals surface area contributed by atoms with E-state index in [1.165, 1.54) is 205 Å². The van der Waals surface area contributed by atoms with Gasteiger partial charge in [0.15, 0.2) is 0 Å². The van der Waals surface area contributed by atoms with Crippen molar-refractivity contribution in [3.63, 3.8) is 0 Å². The SMILES string of the molecule is CCCCCCCCCCCCCCCCCCCCCCCCCCC(=O)OC(CO)COCCCCCCCCCCCCC. The Balaban J connectivity index is 3.32. The molecule has 0 aliphatic rings. The Morgan fingerprint density at radius 2 is 0.702 bits per heavy atom. The number of hydrogen-bond acceptors (Lipinski definition) is 4. The zero-order valence-electron chi connectivity index (χ0n) is 32.3. The van der Waals surface area contributed by atoms with Crippen molar-refractivity contribution in [1.29, 1.82) is 0 Å². The third-order valence-corrected chi connectivity index (χ3v) is 9.93. The maximum atomic E-state index is 12.2. The van der Waals surface area contributed by atoms with Gasteiger partial charge in [0.05, 0.1) is 13.2 Å². The van der Waals surface area contributed by atoms with Gasteiger partial charge in [-0.15, -0.1) is 0 Å². The van der Waals surface area contributed by atoms with Gasteiger partial charge in [0.25, 0.3) is 0 Å². The molecule has 0 aromatic heterocycles. The van der Waals surface area contributed by atoms with Crippen LogP contribution in [0.2, 0.25) is 0 Å². The summed E-state index contributed by atoms with van der Waals surface area (Å²) >= 11 is 0. The van der Waals surface area contributed by atoms with E-state index in [4.69, 9.17) is 9.47 Å². The normalized spacial score (nSPS) is 12.1. The van der Waals surface area contributed by atoms with Crippen molar-refractivity contribution in [2.24, 2.45) is 0 Å². The number of aliphatic hydroxyl groups excluding tert-OH is 1. The second-order valence-corrected chi connectivity index (χ2v) is 14.8. The van der Waals surface area contributed by atoms with Gasteiger partial charge in [0, 0.05) is 13.0 Å². The fourth-order valence-corrected chi connectivity index (χ4v) is 6.68. The molecular weight excluding hydrogens is 580 g/mol. The fourth-order valence-electron chi connectivity index (χ4n) is 6.68. The highest BCUT2D eigenvalue weighted by molar-refractivity contribution is 5.69. The first kappa shape index (κ1) is 46.4. The summed E-state index contributed by atoms with van der Waals surface area (Å²) in [4.78, 5) is 12.2. The average molecular weight is 667 g/mol. The molecule has 0 aliphatic heterocycles. The summed E-state index contributed by atoms with van der Waals surface area (Å²) in [5, 5.41) is 9.57. The summed E-state index contributed by atoms with van der Waals surface area (Å²) in [5.74, 6) is -0.193. The molecule has 0 fully saturated rings. The monoisotopic (exact) mass is 667 g/mol. The summed E-state index contributed by atoms with van der Waals surface area (Å²) in [6.07, 6.45) is 47.4. The maximum absolute atomic E-state index is 12.2. The van der Waals surface area contributed by atoms with E-state index in [-0.39, 0.29) is 12.6 Å². The lowest BCUT2D eigenvalue weighted by atomic mass is 10.0. The van der Waals surface area contributed by atoms with Crippen molar-refractivity contribution < 1.29 is 19.4 Å². The van der Waals surface area contributed by atoms with Crippen LogP contribution in [0.5, 0.6) is 0 Å². The molecule has 4 nitrogen and oxygen atoms in total. The van der Waals surface area contributed by atoms with Crippen LogP contribution >= 0.6 is 0 Å². The minimum atomic E-state index is -0.524. The minimum Gasteiger partial charge on any atom is -0.457 e. The van der Waals surface area contributed by atoms with Crippen LogP contribution in [0.4, 0.5) is 0 Å². The molecule has 0 rings (SSSR count). The number of carbonyl (C=O) groups excluding carboxylic acids is 1. The van der Waals surface area contributed by atoms with Crippen molar-refractivity contribution in [1.82, 2.24) is 0 Å². The number of ether oxygens (including phenoxy) is 2.